The maximum absolute atomic E-state index is 13.9. The summed E-state index contributed by atoms with van der Waals surface area (Å²) >= 11 is 0. The zero-order valence-electron chi connectivity index (χ0n) is 18.9. The number of hydrogen-bond donors (Lipinski definition) is 0. The Morgan fingerprint density at radius 2 is 1.88 bits per heavy atom. The van der Waals surface area contributed by atoms with Crippen LogP contribution < -0.4 is 0 Å². The predicted octanol–water partition coefficient (Wildman–Crippen LogP) is 2.76. The van der Waals surface area contributed by atoms with Gasteiger partial charge in [0.25, 0.3) is 0 Å². The van der Waals surface area contributed by atoms with E-state index < -0.39 is 10.0 Å². The monoisotopic (exact) mass is 458 g/mol. The third kappa shape index (κ3) is 3.95. The van der Waals surface area contributed by atoms with E-state index in [1.165, 1.54) is 10.4 Å². The first-order valence-corrected chi connectivity index (χ1v) is 12.5. The first-order chi connectivity index (χ1) is 15.2. The SMILES string of the molecule is Cc1c(C(=O)c2ccccc2S(=O)(=O)N2CCOCC2)c2c(n1CC=O)CCC(C)(C)C2. The molecular weight excluding hydrogens is 428 g/mol. The number of aromatic nitrogens is 1. The van der Waals surface area contributed by atoms with Crippen LogP contribution in [-0.2, 0) is 38.9 Å². The van der Waals surface area contributed by atoms with Crippen molar-refractivity contribution in [2.75, 3.05) is 26.3 Å². The Kier molecular flexibility index (Phi) is 6.13. The smallest absolute Gasteiger partial charge is 0.243 e. The predicted molar refractivity (Wildman–Crippen MR) is 120 cm³/mol. The van der Waals surface area contributed by atoms with E-state index >= 15 is 0 Å². The second kappa shape index (κ2) is 8.57. The van der Waals surface area contributed by atoms with Gasteiger partial charge < -0.3 is 14.1 Å². The van der Waals surface area contributed by atoms with Crippen molar-refractivity contribution in [1.82, 2.24) is 8.87 Å². The number of fused-ring (bicyclic) bond motifs is 1. The lowest BCUT2D eigenvalue weighted by Gasteiger charge is -2.30. The molecule has 32 heavy (non-hydrogen) atoms. The summed E-state index contributed by atoms with van der Waals surface area (Å²) in [6.07, 6.45) is 3.32. The Balaban J connectivity index is 1.84. The summed E-state index contributed by atoms with van der Waals surface area (Å²) in [6, 6.07) is 6.44. The minimum absolute atomic E-state index is 0.0262. The number of ketones is 1. The van der Waals surface area contributed by atoms with Crippen molar-refractivity contribution >= 4 is 22.1 Å². The van der Waals surface area contributed by atoms with Crippen molar-refractivity contribution in [1.29, 1.82) is 0 Å². The van der Waals surface area contributed by atoms with Crippen LogP contribution in [0.25, 0.3) is 0 Å². The van der Waals surface area contributed by atoms with Crippen molar-refractivity contribution in [3.8, 4) is 0 Å². The molecule has 4 rings (SSSR count). The lowest BCUT2D eigenvalue weighted by Crippen LogP contribution is -2.41. The van der Waals surface area contributed by atoms with Crippen molar-refractivity contribution in [2.24, 2.45) is 5.41 Å². The third-order valence-corrected chi connectivity index (χ3v) is 8.60. The molecule has 2 heterocycles. The summed E-state index contributed by atoms with van der Waals surface area (Å²) in [5, 5.41) is 0. The highest BCUT2D eigenvalue weighted by atomic mass is 32.2. The summed E-state index contributed by atoms with van der Waals surface area (Å²) in [7, 11) is -3.84. The molecule has 1 aliphatic heterocycles. The molecule has 1 aromatic carbocycles. The van der Waals surface area contributed by atoms with Crippen LogP contribution in [0.15, 0.2) is 29.2 Å². The molecule has 0 bridgehead atoms. The molecule has 1 aliphatic carbocycles. The zero-order valence-corrected chi connectivity index (χ0v) is 19.7. The lowest BCUT2D eigenvalue weighted by atomic mass is 9.75. The first kappa shape index (κ1) is 22.9. The Bertz CT molecular complexity index is 1160. The van der Waals surface area contributed by atoms with Gasteiger partial charge in [0.15, 0.2) is 5.78 Å². The van der Waals surface area contributed by atoms with Crippen LogP contribution in [0.1, 0.15) is 53.1 Å². The minimum Gasteiger partial charge on any atom is -0.379 e. The molecule has 1 fully saturated rings. The lowest BCUT2D eigenvalue weighted by molar-refractivity contribution is -0.108. The fraction of sp³-hybridized carbons (Fsp3) is 0.500. The summed E-state index contributed by atoms with van der Waals surface area (Å²) in [5.74, 6) is -0.298. The van der Waals surface area contributed by atoms with Gasteiger partial charge >= 0.3 is 0 Å². The van der Waals surface area contributed by atoms with Crippen LogP contribution in [0.4, 0.5) is 0 Å². The summed E-state index contributed by atoms with van der Waals surface area (Å²) in [5.41, 5.74) is 3.44. The number of morpholine rings is 1. The van der Waals surface area contributed by atoms with Gasteiger partial charge in [-0.3, -0.25) is 4.79 Å². The van der Waals surface area contributed by atoms with Crippen molar-refractivity contribution in [3.05, 3.63) is 52.3 Å². The molecule has 1 saturated heterocycles. The van der Waals surface area contributed by atoms with Gasteiger partial charge in [-0.1, -0.05) is 26.0 Å². The van der Waals surface area contributed by atoms with Crippen LogP contribution in [0.3, 0.4) is 0 Å². The Hall–Kier alpha value is -2.29. The largest absolute Gasteiger partial charge is 0.379 e. The molecular formula is C24H30N2O5S. The molecule has 0 N–H and O–H groups in total. The minimum atomic E-state index is -3.84. The van der Waals surface area contributed by atoms with Crippen LogP contribution in [0, 0.1) is 12.3 Å². The fourth-order valence-electron chi connectivity index (χ4n) is 4.93. The Labute approximate surface area is 189 Å². The molecule has 1 aromatic heterocycles. The van der Waals surface area contributed by atoms with Gasteiger partial charge in [0.05, 0.1) is 24.7 Å². The van der Waals surface area contributed by atoms with Crippen molar-refractivity contribution < 1.29 is 22.7 Å². The highest BCUT2D eigenvalue weighted by Gasteiger charge is 2.36. The molecule has 7 nitrogen and oxygen atoms in total. The summed E-state index contributed by atoms with van der Waals surface area (Å²) in [4.78, 5) is 25.3. The number of sulfonamides is 1. The van der Waals surface area contributed by atoms with Gasteiger partial charge in [0.1, 0.15) is 6.29 Å². The number of aldehydes is 1. The normalized spacial score (nSPS) is 18.8. The van der Waals surface area contributed by atoms with Gasteiger partial charge in [0, 0.05) is 35.6 Å². The number of carbonyl (C=O) groups is 2. The van der Waals surface area contributed by atoms with E-state index in [1.807, 2.05) is 11.5 Å². The molecule has 8 heteroatoms. The maximum Gasteiger partial charge on any atom is 0.243 e. The van der Waals surface area contributed by atoms with Gasteiger partial charge in [-0.05, 0) is 49.3 Å². The van der Waals surface area contributed by atoms with Crippen LogP contribution in [0.5, 0.6) is 0 Å². The van der Waals surface area contributed by atoms with E-state index in [0.29, 0.717) is 25.2 Å². The quantitative estimate of drug-likeness (QED) is 0.491. The number of carbonyl (C=O) groups excluding carboxylic acids is 2. The Morgan fingerprint density at radius 3 is 2.56 bits per heavy atom. The molecule has 0 saturated carbocycles. The Morgan fingerprint density at radius 1 is 1.19 bits per heavy atom. The maximum atomic E-state index is 13.9. The molecule has 0 atom stereocenters. The van der Waals surface area contributed by atoms with E-state index in [9.17, 15) is 18.0 Å². The van der Waals surface area contributed by atoms with E-state index in [2.05, 4.69) is 13.8 Å². The molecule has 0 unspecified atom stereocenters. The standard InChI is InChI=1S/C24H30N2O5S/c1-17-22(19-16-24(2,3)9-8-20(19)26(17)10-13-27)23(28)18-6-4-5-7-21(18)32(29,30)25-11-14-31-15-12-25/h4-7,13H,8-12,14-16H2,1-3H3. The van der Waals surface area contributed by atoms with E-state index in [0.717, 1.165) is 36.1 Å². The number of hydrogen-bond acceptors (Lipinski definition) is 5. The van der Waals surface area contributed by atoms with E-state index in [-0.39, 0.29) is 41.3 Å². The summed E-state index contributed by atoms with van der Waals surface area (Å²) in [6.45, 7) is 7.60. The van der Waals surface area contributed by atoms with Gasteiger partial charge in [-0.2, -0.15) is 4.31 Å². The number of rotatable bonds is 6. The number of nitrogens with zero attached hydrogens (tertiary/aromatic N) is 2. The van der Waals surface area contributed by atoms with Gasteiger partial charge in [-0.15, -0.1) is 0 Å². The van der Waals surface area contributed by atoms with E-state index in [4.69, 9.17) is 4.74 Å². The molecule has 2 aromatic rings. The molecule has 0 amide bonds. The zero-order chi connectivity index (χ0) is 23.1. The topological polar surface area (TPSA) is 85.7 Å². The average molecular weight is 459 g/mol. The average Bonchev–Trinajstić information content (AvgIpc) is 3.03. The van der Waals surface area contributed by atoms with Gasteiger partial charge in [-0.25, -0.2) is 8.42 Å². The first-order valence-electron chi connectivity index (χ1n) is 11.0. The summed E-state index contributed by atoms with van der Waals surface area (Å²) < 4.78 is 35.4. The fourth-order valence-corrected chi connectivity index (χ4v) is 6.52. The number of benzene rings is 1. The van der Waals surface area contributed by atoms with Crippen molar-refractivity contribution in [2.45, 2.75) is 51.5 Å². The number of ether oxygens (including phenoxy) is 1. The highest BCUT2D eigenvalue weighted by Crippen LogP contribution is 2.40. The van der Waals surface area contributed by atoms with E-state index in [1.54, 1.807) is 18.2 Å². The second-order valence-electron chi connectivity index (χ2n) is 9.35. The second-order valence-corrected chi connectivity index (χ2v) is 11.3. The molecule has 172 valence electrons. The molecule has 2 aliphatic rings. The molecule has 0 spiro atoms. The van der Waals surface area contributed by atoms with Crippen LogP contribution in [0.2, 0.25) is 0 Å². The van der Waals surface area contributed by atoms with Crippen LogP contribution >= 0.6 is 0 Å². The molecule has 0 radical (unpaired) electrons. The van der Waals surface area contributed by atoms with Crippen molar-refractivity contribution in [3.63, 3.8) is 0 Å². The van der Waals surface area contributed by atoms with Gasteiger partial charge in [0.2, 0.25) is 10.0 Å². The highest BCUT2D eigenvalue weighted by molar-refractivity contribution is 7.89. The third-order valence-electron chi connectivity index (χ3n) is 6.64. The van der Waals surface area contributed by atoms with Crippen LogP contribution in [-0.4, -0.2) is 55.7 Å².